The Morgan fingerprint density at radius 3 is 2.42 bits per heavy atom. The van der Waals surface area contributed by atoms with E-state index in [1.54, 1.807) is 9.80 Å². The molecular formula is C24H31IN4O4. The molecule has 1 fully saturated rings. The topological polar surface area (TPSA) is 76.9 Å². The predicted molar refractivity (Wildman–Crippen MR) is 132 cm³/mol. The van der Waals surface area contributed by atoms with Crippen LogP contribution in [0.5, 0.6) is 0 Å². The molecule has 9 heteroatoms. The van der Waals surface area contributed by atoms with Gasteiger partial charge in [0.1, 0.15) is 15.9 Å². The number of piperidine rings is 1. The van der Waals surface area contributed by atoms with Crippen molar-refractivity contribution in [2.45, 2.75) is 64.8 Å². The summed E-state index contributed by atoms with van der Waals surface area (Å²) in [6, 6.07) is 9.97. The highest BCUT2D eigenvalue weighted by Gasteiger charge is 2.33. The summed E-state index contributed by atoms with van der Waals surface area (Å²) in [5.41, 5.74) is 2.78. The molecule has 0 radical (unpaired) electrons. The molecule has 3 heterocycles. The zero-order valence-corrected chi connectivity index (χ0v) is 21.6. The van der Waals surface area contributed by atoms with Gasteiger partial charge < -0.3 is 19.3 Å². The molecule has 0 bridgehead atoms. The molecule has 0 aliphatic carbocycles. The first-order chi connectivity index (χ1) is 15.7. The highest BCUT2D eigenvalue weighted by atomic mass is 127. The van der Waals surface area contributed by atoms with E-state index in [0.717, 1.165) is 34.1 Å². The van der Waals surface area contributed by atoms with Crippen molar-refractivity contribution in [3.8, 4) is 0 Å². The van der Waals surface area contributed by atoms with Gasteiger partial charge in [-0.3, -0.25) is 4.68 Å². The van der Waals surface area contributed by atoms with Crippen molar-refractivity contribution in [2.75, 3.05) is 19.6 Å². The van der Waals surface area contributed by atoms with Crippen LogP contribution >= 0.6 is 22.6 Å². The van der Waals surface area contributed by atoms with Crippen LogP contribution in [0.4, 0.5) is 9.59 Å². The lowest BCUT2D eigenvalue weighted by molar-refractivity contribution is 0.0221. The van der Waals surface area contributed by atoms with Gasteiger partial charge in [0.2, 0.25) is 0 Å². The SMILES string of the molecule is CC(C)(C)OC(=O)N1CCc2c(c(I)nn2C2CCN(C(=O)OCc3ccccc3)CC2)C1. The molecule has 0 saturated carbocycles. The van der Waals surface area contributed by atoms with E-state index >= 15 is 0 Å². The van der Waals surface area contributed by atoms with E-state index in [2.05, 4.69) is 27.3 Å². The lowest BCUT2D eigenvalue weighted by atomic mass is 10.0. The molecule has 2 aliphatic rings. The molecule has 4 rings (SSSR count). The lowest BCUT2D eigenvalue weighted by Crippen LogP contribution is -2.41. The van der Waals surface area contributed by atoms with Crippen LogP contribution in [-0.2, 0) is 29.0 Å². The molecule has 33 heavy (non-hydrogen) atoms. The third kappa shape index (κ3) is 5.80. The summed E-state index contributed by atoms with van der Waals surface area (Å²) in [4.78, 5) is 28.5. The number of carbonyl (C=O) groups is 2. The Balaban J connectivity index is 1.34. The minimum Gasteiger partial charge on any atom is -0.445 e. The summed E-state index contributed by atoms with van der Waals surface area (Å²) in [6.07, 6.45) is 1.88. The second-order valence-electron chi connectivity index (χ2n) is 9.57. The minimum atomic E-state index is -0.509. The summed E-state index contributed by atoms with van der Waals surface area (Å²) >= 11 is 2.26. The van der Waals surface area contributed by atoms with Gasteiger partial charge in [0.15, 0.2) is 0 Å². The van der Waals surface area contributed by atoms with Crippen LogP contribution in [0.1, 0.15) is 56.5 Å². The van der Waals surface area contributed by atoms with E-state index in [-0.39, 0.29) is 18.2 Å². The van der Waals surface area contributed by atoms with E-state index in [0.29, 0.717) is 32.8 Å². The van der Waals surface area contributed by atoms with Crippen LogP contribution in [-0.4, -0.2) is 57.0 Å². The number of amides is 2. The third-order valence-corrected chi connectivity index (χ3v) is 6.83. The maximum atomic E-state index is 12.5. The smallest absolute Gasteiger partial charge is 0.410 e. The number of aromatic nitrogens is 2. The number of nitrogens with zero attached hydrogens (tertiary/aromatic N) is 4. The summed E-state index contributed by atoms with van der Waals surface area (Å²) in [5.74, 6) is 0. The van der Waals surface area contributed by atoms with Crippen LogP contribution < -0.4 is 0 Å². The van der Waals surface area contributed by atoms with Gasteiger partial charge in [-0.2, -0.15) is 5.10 Å². The van der Waals surface area contributed by atoms with Gasteiger partial charge >= 0.3 is 12.2 Å². The molecule has 1 saturated heterocycles. The number of ether oxygens (including phenoxy) is 2. The highest BCUT2D eigenvalue weighted by molar-refractivity contribution is 14.1. The molecule has 1 aromatic carbocycles. The van der Waals surface area contributed by atoms with Gasteiger partial charge in [0.25, 0.3) is 0 Å². The largest absolute Gasteiger partial charge is 0.445 e. The zero-order chi connectivity index (χ0) is 23.6. The molecule has 178 valence electrons. The van der Waals surface area contributed by atoms with Gasteiger partial charge in [-0.15, -0.1) is 0 Å². The Morgan fingerprint density at radius 2 is 1.76 bits per heavy atom. The number of rotatable bonds is 3. The number of likely N-dealkylation sites (tertiary alicyclic amines) is 1. The molecule has 2 amide bonds. The highest BCUT2D eigenvalue weighted by Crippen LogP contribution is 2.31. The maximum absolute atomic E-state index is 12.5. The molecule has 1 aromatic heterocycles. The first kappa shape index (κ1) is 23.8. The normalized spacial score (nSPS) is 17.0. The molecule has 0 unspecified atom stereocenters. The summed E-state index contributed by atoms with van der Waals surface area (Å²) in [7, 11) is 0. The molecule has 0 atom stereocenters. The molecule has 2 aromatic rings. The van der Waals surface area contributed by atoms with Crippen LogP contribution in [0.3, 0.4) is 0 Å². The third-order valence-electron chi connectivity index (χ3n) is 5.96. The quantitative estimate of drug-likeness (QED) is 0.502. The number of hydrogen-bond acceptors (Lipinski definition) is 5. The second-order valence-corrected chi connectivity index (χ2v) is 10.6. The van der Waals surface area contributed by atoms with Gasteiger partial charge in [0.05, 0.1) is 12.6 Å². The van der Waals surface area contributed by atoms with E-state index in [1.165, 1.54) is 5.69 Å². The summed E-state index contributed by atoms with van der Waals surface area (Å²) in [5, 5.41) is 4.82. The standard InChI is InChI=1S/C24H31IN4O4/c1-24(2,3)33-23(31)28-14-11-20-19(15-28)21(25)26-29(20)18-9-12-27(13-10-18)22(30)32-16-17-7-5-4-6-8-17/h4-8,18H,9-16H2,1-3H3. The van der Waals surface area contributed by atoms with Crippen LogP contribution in [0.15, 0.2) is 30.3 Å². The van der Waals surface area contributed by atoms with Crippen LogP contribution in [0, 0.1) is 3.70 Å². The van der Waals surface area contributed by atoms with Crippen molar-refractivity contribution < 1.29 is 19.1 Å². The number of carbonyl (C=O) groups excluding carboxylic acids is 2. The monoisotopic (exact) mass is 566 g/mol. The van der Waals surface area contributed by atoms with E-state index in [9.17, 15) is 9.59 Å². The number of fused-ring (bicyclic) bond motifs is 1. The number of benzene rings is 1. The fourth-order valence-electron chi connectivity index (χ4n) is 4.29. The van der Waals surface area contributed by atoms with Gasteiger partial charge in [-0.25, -0.2) is 9.59 Å². The zero-order valence-electron chi connectivity index (χ0n) is 19.4. The van der Waals surface area contributed by atoms with Gasteiger partial charge in [-0.05, 0) is 61.8 Å². The Bertz CT molecular complexity index is 994. The predicted octanol–water partition coefficient (Wildman–Crippen LogP) is 4.75. The second kappa shape index (κ2) is 9.90. The fraction of sp³-hybridized carbons (Fsp3) is 0.542. The average Bonchev–Trinajstić information content (AvgIpc) is 3.13. The van der Waals surface area contributed by atoms with E-state index < -0.39 is 5.60 Å². The van der Waals surface area contributed by atoms with Crippen molar-refractivity contribution >= 4 is 34.8 Å². The van der Waals surface area contributed by atoms with Crippen LogP contribution in [0.2, 0.25) is 0 Å². The first-order valence-electron chi connectivity index (χ1n) is 11.4. The first-order valence-corrected chi connectivity index (χ1v) is 12.5. The summed E-state index contributed by atoms with van der Waals surface area (Å²) in [6.45, 7) is 8.37. The Morgan fingerprint density at radius 1 is 1.06 bits per heavy atom. The van der Waals surface area contributed by atoms with Crippen molar-refractivity contribution in [1.29, 1.82) is 0 Å². The molecule has 2 aliphatic heterocycles. The Labute approximate surface area is 208 Å². The molecule has 8 nitrogen and oxygen atoms in total. The number of hydrogen-bond donors (Lipinski definition) is 0. The fourth-order valence-corrected chi connectivity index (χ4v) is 5.01. The average molecular weight is 566 g/mol. The van der Waals surface area contributed by atoms with Crippen molar-refractivity contribution in [1.82, 2.24) is 19.6 Å². The van der Waals surface area contributed by atoms with Gasteiger partial charge in [0, 0.05) is 37.3 Å². The van der Waals surface area contributed by atoms with E-state index in [4.69, 9.17) is 14.6 Å². The lowest BCUT2D eigenvalue weighted by Gasteiger charge is -2.34. The maximum Gasteiger partial charge on any atom is 0.410 e. The van der Waals surface area contributed by atoms with Crippen molar-refractivity contribution in [3.63, 3.8) is 0 Å². The van der Waals surface area contributed by atoms with Gasteiger partial charge in [-0.1, -0.05) is 30.3 Å². The van der Waals surface area contributed by atoms with Crippen molar-refractivity contribution in [2.24, 2.45) is 0 Å². The molecule has 0 N–H and O–H groups in total. The molecular weight excluding hydrogens is 535 g/mol. The minimum absolute atomic E-state index is 0.244. The summed E-state index contributed by atoms with van der Waals surface area (Å²) < 4.78 is 14.1. The Kier molecular flexibility index (Phi) is 7.16. The molecule has 0 spiro atoms. The van der Waals surface area contributed by atoms with Crippen molar-refractivity contribution in [3.05, 3.63) is 50.9 Å². The van der Waals surface area contributed by atoms with Crippen LogP contribution in [0.25, 0.3) is 0 Å². The Hall–Kier alpha value is -2.30. The van der Waals surface area contributed by atoms with E-state index in [1.807, 2.05) is 51.1 Å². The number of halogens is 1.